The molecule has 8 heteroatoms. The van der Waals surface area contributed by atoms with E-state index in [2.05, 4.69) is 21.2 Å². The predicted octanol–water partition coefficient (Wildman–Crippen LogP) is 1.70. The third-order valence-corrected chi connectivity index (χ3v) is 5.28. The number of nitrogens with one attached hydrogen (secondary N) is 1. The summed E-state index contributed by atoms with van der Waals surface area (Å²) in [5, 5.41) is 7.81. The second-order valence-corrected chi connectivity index (χ2v) is 7.77. The van der Waals surface area contributed by atoms with Crippen LogP contribution in [-0.4, -0.2) is 19.9 Å². The van der Waals surface area contributed by atoms with E-state index in [1.807, 2.05) is 0 Å². The Morgan fingerprint density at radius 2 is 1.86 bits per heavy atom. The maximum absolute atomic E-state index is 12.3. The maximum atomic E-state index is 12.3. The number of hydrogen-bond acceptors (Lipinski definition) is 4. The van der Waals surface area contributed by atoms with E-state index in [0.29, 0.717) is 23.0 Å². The Hall–Kier alpha value is -0.960. The Labute approximate surface area is 132 Å². The molecule has 0 unspecified atom stereocenters. The fraction of sp³-hybridized carbons (Fsp3) is 0.462. The van der Waals surface area contributed by atoms with Gasteiger partial charge in [0.15, 0.2) is 0 Å². The van der Waals surface area contributed by atoms with Gasteiger partial charge in [-0.1, -0.05) is 19.3 Å². The summed E-state index contributed by atoms with van der Waals surface area (Å²) in [5.41, 5.74) is 5.78. The standard InChI is InChI=1S/C13H18BrN3O3S/c14-10-8-9(21(16,19)20)4-5-11(10)17-12(18)13(15)6-2-1-3-7-13/h4-5,8H,1-3,6-7,15H2,(H,17,18)(H2,16,19,20). The summed E-state index contributed by atoms with van der Waals surface area (Å²) in [6.07, 6.45) is 4.29. The number of anilines is 1. The van der Waals surface area contributed by atoms with Crippen molar-refractivity contribution in [3.63, 3.8) is 0 Å². The third-order valence-electron chi connectivity index (χ3n) is 3.72. The lowest BCUT2D eigenvalue weighted by molar-refractivity contribution is -0.122. The highest BCUT2D eigenvalue weighted by Gasteiger charge is 2.35. The first-order valence-electron chi connectivity index (χ1n) is 6.65. The molecule has 0 atom stereocenters. The van der Waals surface area contributed by atoms with E-state index in [1.54, 1.807) is 0 Å². The van der Waals surface area contributed by atoms with Crippen LogP contribution in [0.1, 0.15) is 32.1 Å². The fourth-order valence-electron chi connectivity index (χ4n) is 2.43. The molecule has 0 aromatic heterocycles. The van der Waals surface area contributed by atoms with Gasteiger partial charge in [-0.05, 0) is 47.0 Å². The van der Waals surface area contributed by atoms with Gasteiger partial charge >= 0.3 is 0 Å². The van der Waals surface area contributed by atoms with Crippen molar-refractivity contribution >= 4 is 37.5 Å². The SMILES string of the molecule is NC1(C(=O)Nc2ccc(S(N)(=O)=O)cc2Br)CCCCC1. The number of primary sulfonamides is 1. The lowest BCUT2D eigenvalue weighted by Crippen LogP contribution is -2.52. The second-order valence-electron chi connectivity index (χ2n) is 5.36. The van der Waals surface area contributed by atoms with Gasteiger partial charge in [0.05, 0.1) is 16.1 Å². The van der Waals surface area contributed by atoms with Gasteiger partial charge in [-0.2, -0.15) is 0 Å². The molecular weight excluding hydrogens is 358 g/mol. The molecule has 21 heavy (non-hydrogen) atoms. The van der Waals surface area contributed by atoms with E-state index in [0.717, 1.165) is 19.3 Å². The van der Waals surface area contributed by atoms with E-state index in [4.69, 9.17) is 10.9 Å². The molecule has 0 aliphatic heterocycles. The molecular formula is C13H18BrN3O3S. The summed E-state index contributed by atoms with van der Waals surface area (Å²) in [4.78, 5) is 12.3. The average Bonchev–Trinajstić information content (AvgIpc) is 2.40. The molecule has 0 spiro atoms. The Balaban J connectivity index is 2.18. The molecule has 1 fully saturated rings. The first-order chi connectivity index (χ1) is 9.72. The lowest BCUT2D eigenvalue weighted by Gasteiger charge is -2.31. The van der Waals surface area contributed by atoms with Crippen LogP contribution < -0.4 is 16.2 Å². The number of nitrogens with two attached hydrogens (primary N) is 2. The summed E-state index contributed by atoms with van der Waals surface area (Å²) in [5.74, 6) is -0.244. The van der Waals surface area contributed by atoms with Crippen molar-refractivity contribution in [2.45, 2.75) is 42.5 Å². The summed E-state index contributed by atoms with van der Waals surface area (Å²) >= 11 is 3.23. The van der Waals surface area contributed by atoms with Gasteiger partial charge < -0.3 is 11.1 Å². The minimum Gasteiger partial charge on any atom is -0.323 e. The molecule has 2 rings (SSSR count). The van der Waals surface area contributed by atoms with Crippen LogP contribution in [-0.2, 0) is 14.8 Å². The number of carbonyl (C=O) groups is 1. The summed E-state index contributed by atoms with van der Waals surface area (Å²) in [6, 6.07) is 4.20. The van der Waals surface area contributed by atoms with Crippen LogP contribution >= 0.6 is 15.9 Å². The number of carbonyl (C=O) groups excluding carboxylic acids is 1. The van der Waals surface area contributed by atoms with Crippen LogP contribution in [0.2, 0.25) is 0 Å². The minimum absolute atomic E-state index is 0.0208. The minimum atomic E-state index is -3.77. The zero-order valence-corrected chi connectivity index (χ0v) is 13.8. The van der Waals surface area contributed by atoms with Crippen molar-refractivity contribution in [3.8, 4) is 0 Å². The third kappa shape index (κ3) is 3.82. The highest BCUT2D eigenvalue weighted by atomic mass is 79.9. The smallest absolute Gasteiger partial charge is 0.244 e. The fourth-order valence-corrected chi connectivity index (χ4v) is 3.60. The molecule has 0 radical (unpaired) electrons. The van der Waals surface area contributed by atoms with Crippen molar-refractivity contribution in [2.24, 2.45) is 10.9 Å². The van der Waals surface area contributed by atoms with E-state index < -0.39 is 15.6 Å². The number of rotatable bonds is 3. The molecule has 1 aliphatic rings. The molecule has 1 aliphatic carbocycles. The average molecular weight is 376 g/mol. The highest BCUT2D eigenvalue weighted by Crippen LogP contribution is 2.30. The van der Waals surface area contributed by atoms with Crippen LogP contribution in [0.5, 0.6) is 0 Å². The van der Waals surface area contributed by atoms with Gasteiger partial charge in [0.2, 0.25) is 15.9 Å². The van der Waals surface area contributed by atoms with Gasteiger partial charge in [-0.3, -0.25) is 4.79 Å². The van der Waals surface area contributed by atoms with Crippen LogP contribution in [0.25, 0.3) is 0 Å². The molecule has 5 N–H and O–H groups in total. The summed E-state index contributed by atoms with van der Waals surface area (Å²) < 4.78 is 23.0. The number of benzene rings is 1. The Kier molecular flexibility index (Phi) is 4.72. The van der Waals surface area contributed by atoms with Crippen LogP contribution in [0.4, 0.5) is 5.69 Å². The van der Waals surface area contributed by atoms with E-state index in [9.17, 15) is 13.2 Å². The largest absolute Gasteiger partial charge is 0.323 e. The second kappa shape index (κ2) is 6.04. The Bertz CT molecular complexity index is 655. The van der Waals surface area contributed by atoms with E-state index in [-0.39, 0.29) is 10.8 Å². The molecule has 0 heterocycles. The first kappa shape index (κ1) is 16.4. The first-order valence-corrected chi connectivity index (χ1v) is 8.99. The maximum Gasteiger partial charge on any atom is 0.244 e. The van der Waals surface area contributed by atoms with E-state index >= 15 is 0 Å². The van der Waals surface area contributed by atoms with Crippen molar-refractivity contribution in [2.75, 3.05) is 5.32 Å². The van der Waals surface area contributed by atoms with Crippen molar-refractivity contribution < 1.29 is 13.2 Å². The number of sulfonamides is 1. The Morgan fingerprint density at radius 3 is 2.38 bits per heavy atom. The van der Waals surface area contributed by atoms with Crippen LogP contribution in [0.15, 0.2) is 27.6 Å². The molecule has 1 amide bonds. The topological polar surface area (TPSA) is 115 Å². The van der Waals surface area contributed by atoms with Crippen molar-refractivity contribution in [3.05, 3.63) is 22.7 Å². The van der Waals surface area contributed by atoms with Crippen molar-refractivity contribution in [1.29, 1.82) is 0 Å². The van der Waals surface area contributed by atoms with Gasteiger partial charge in [0.1, 0.15) is 0 Å². The van der Waals surface area contributed by atoms with Crippen molar-refractivity contribution in [1.82, 2.24) is 0 Å². The zero-order chi connectivity index (χ0) is 15.7. The number of hydrogen-bond donors (Lipinski definition) is 3. The summed E-state index contributed by atoms with van der Waals surface area (Å²) in [7, 11) is -3.77. The van der Waals surface area contributed by atoms with Crippen LogP contribution in [0.3, 0.4) is 0 Å². The molecule has 116 valence electrons. The molecule has 0 saturated heterocycles. The highest BCUT2D eigenvalue weighted by molar-refractivity contribution is 9.10. The van der Waals surface area contributed by atoms with Gasteiger partial charge in [0.25, 0.3) is 0 Å². The molecule has 6 nitrogen and oxygen atoms in total. The molecule has 1 saturated carbocycles. The van der Waals surface area contributed by atoms with Gasteiger partial charge in [-0.15, -0.1) is 0 Å². The molecule has 1 aromatic rings. The quantitative estimate of drug-likeness (QED) is 0.745. The predicted molar refractivity (Wildman–Crippen MR) is 84.1 cm³/mol. The van der Waals surface area contributed by atoms with Crippen LogP contribution in [0, 0.1) is 0 Å². The van der Waals surface area contributed by atoms with Gasteiger partial charge in [0, 0.05) is 4.47 Å². The summed E-state index contributed by atoms with van der Waals surface area (Å²) in [6.45, 7) is 0. The normalized spacial score (nSPS) is 18.2. The Morgan fingerprint density at radius 1 is 1.24 bits per heavy atom. The monoisotopic (exact) mass is 375 g/mol. The molecule has 1 aromatic carbocycles. The molecule has 0 bridgehead atoms. The number of halogens is 1. The van der Waals surface area contributed by atoms with Gasteiger partial charge in [-0.25, -0.2) is 13.6 Å². The van der Waals surface area contributed by atoms with E-state index in [1.165, 1.54) is 18.2 Å². The zero-order valence-electron chi connectivity index (χ0n) is 11.4. The number of amides is 1. The lowest BCUT2D eigenvalue weighted by atomic mass is 9.82.